The maximum atomic E-state index is 11.0. The Hall–Kier alpha value is -2.11. The second kappa shape index (κ2) is 6.11. The summed E-state index contributed by atoms with van der Waals surface area (Å²) in [6, 6.07) is 7.93. The average Bonchev–Trinajstić information content (AvgIpc) is 2.42. The summed E-state index contributed by atoms with van der Waals surface area (Å²) in [6.07, 6.45) is 0. The average molecular weight is 308 g/mol. The van der Waals surface area contributed by atoms with Gasteiger partial charge in [-0.25, -0.2) is 0 Å². The molecule has 0 saturated carbocycles. The Morgan fingerprint density at radius 2 is 1.90 bits per heavy atom. The van der Waals surface area contributed by atoms with Crippen LogP contribution in [0.2, 0.25) is 5.02 Å². The minimum Gasteiger partial charge on any atom is -0.456 e. The number of hydrogen-bond acceptors (Lipinski definition) is 4. The SMILES string of the molecule is Cc1cc(C)c([N+](=O)[O-])cc1Oc1ccc(Cl)cc1CO. The van der Waals surface area contributed by atoms with Crippen molar-refractivity contribution in [3.63, 3.8) is 0 Å². The Morgan fingerprint density at radius 1 is 1.19 bits per heavy atom. The molecule has 0 aliphatic rings. The molecule has 0 radical (unpaired) electrons. The van der Waals surface area contributed by atoms with E-state index in [-0.39, 0.29) is 12.3 Å². The van der Waals surface area contributed by atoms with Gasteiger partial charge in [0.25, 0.3) is 5.69 Å². The molecule has 0 aliphatic carbocycles. The Balaban J connectivity index is 2.44. The first-order chi connectivity index (χ1) is 9.92. The normalized spacial score (nSPS) is 10.5. The van der Waals surface area contributed by atoms with Crippen LogP contribution in [-0.2, 0) is 6.61 Å². The smallest absolute Gasteiger partial charge is 0.276 e. The molecule has 0 fully saturated rings. The fraction of sp³-hybridized carbons (Fsp3) is 0.200. The minimum absolute atomic E-state index is 0.00453. The highest BCUT2D eigenvalue weighted by atomic mass is 35.5. The fourth-order valence-corrected chi connectivity index (χ4v) is 2.21. The van der Waals surface area contributed by atoms with Crippen LogP contribution in [0, 0.1) is 24.0 Å². The quantitative estimate of drug-likeness (QED) is 0.680. The monoisotopic (exact) mass is 307 g/mol. The van der Waals surface area contributed by atoms with Crippen LogP contribution >= 0.6 is 11.6 Å². The van der Waals surface area contributed by atoms with E-state index in [9.17, 15) is 15.2 Å². The molecule has 0 heterocycles. The second-order valence-corrected chi connectivity index (χ2v) is 5.11. The number of aryl methyl sites for hydroxylation is 2. The van der Waals surface area contributed by atoms with Crippen molar-refractivity contribution < 1.29 is 14.8 Å². The molecule has 0 aromatic heterocycles. The Bertz CT molecular complexity index is 700. The van der Waals surface area contributed by atoms with Crippen molar-refractivity contribution in [2.45, 2.75) is 20.5 Å². The molecular formula is C15H14ClNO4. The van der Waals surface area contributed by atoms with Gasteiger partial charge in [-0.15, -0.1) is 0 Å². The molecule has 2 rings (SSSR count). The summed E-state index contributed by atoms with van der Waals surface area (Å²) in [4.78, 5) is 10.6. The lowest BCUT2D eigenvalue weighted by Crippen LogP contribution is -1.97. The lowest BCUT2D eigenvalue weighted by molar-refractivity contribution is -0.385. The molecule has 0 aliphatic heterocycles. The zero-order chi connectivity index (χ0) is 15.6. The number of nitro groups is 1. The topological polar surface area (TPSA) is 72.6 Å². The first-order valence-corrected chi connectivity index (χ1v) is 6.63. The van der Waals surface area contributed by atoms with Crippen molar-refractivity contribution in [1.82, 2.24) is 0 Å². The van der Waals surface area contributed by atoms with E-state index in [4.69, 9.17) is 16.3 Å². The van der Waals surface area contributed by atoms with Gasteiger partial charge in [0, 0.05) is 16.1 Å². The zero-order valence-electron chi connectivity index (χ0n) is 11.6. The Kier molecular flexibility index (Phi) is 4.45. The van der Waals surface area contributed by atoms with Gasteiger partial charge in [-0.3, -0.25) is 10.1 Å². The number of ether oxygens (including phenoxy) is 1. The van der Waals surface area contributed by atoms with Crippen molar-refractivity contribution in [2.75, 3.05) is 0 Å². The highest BCUT2D eigenvalue weighted by molar-refractivity contribution is 6.30. The van der Waals surface area contributed by atoms with E-state index in [1.807, 2.05) is 0 Å². The first-order valence-electron chi connectivity index (χ1n) is 6.25. The summed E-state index contributed by atoms with van der Waals surface area (Å²) in [5.41, 5.74) is 1.86. The lowest BCUT2D eigenvalue weighted by Gasteiger charge is -2.12. The predicted octanol–water partition coefficient (Wildman–Crippen LogP) is 4.15. The van der Waals surface area contributed by atoms with Crippen LogP contribution in [0.5, 0.6) is 11.5 Å². The third kappa shape index (κ3) is 3.32. The van der Waals surface area contributed by atoms with E-state index in [1.165, 1.54) is 6.07 Å². The summed E-state index contributed by atoms with van der Waals surface area (Å²) in [6.45, 7) is 3.25. The van der Waals surface area contributed by atoms with Crippen molar-refractivity contribution in [2.24, 2.45) is 0 Å². The minimum atomic E-state index is -0.448. The third-order valence-electron chi connectivity index (χ3n) is 3.10. The molecule has 2 aromatic rings. The number of nitrogens with zero attached hydrogens (tertiary/aromatic N) is 1. The molecule has 0 amide bonds. The molecule has 1 N–H and O–H groups in total. The molecular weight excluding hydrogens is 294 g/mol. The standard InChI is InChI=1S/C15H14ClNO4/c1-9-5-10(2)15(7-13(9)17(19)20)21-14-4-3-12(16)6-11(14)8-18/h3-7,18H,8H2,1-2H3. The molecule has 0 saturated heterocycles. The number of nitro benzene ring substituents is 1. The Labute approximate surface area is 126 Å². The Morgan fingerprint density at radius 3 is 2.52 bits per heavy atom. The lowest BCUT2D eigenvalue weighted by atomic mass is 10.1. The van der Waals surface area contributed by atoms with Gasteiger partial charge in [-0.1, -0.05) is 11.6 Å². The van der Waals surface area contributed by atoms with Crippen molar-refractivity contribution in [3.05, 3.63) is 62.2 Å². The maximum absolute atomic E-state index is 11.0. The number of rotatable bonds is 4. The van der Waals surface area contributed by atoms with E-state index >= 15 is 0 Å². The number of hydrogen-bond donors (Lipinski definition) is 1. The zero-order valence-corrected chi connectivity index (χ0v) is 12.3. The van der Waals surface area contributed by atoms with E-state index in [0.717, 1.165) is 5.56 Å². The molecule has 5 nitrogen and oxygen atoms in total. The van der Waals surface area contributed by atoms with Crippen LogP contribution in [0.3, 0.4) is 0 Å². The molecule has 0 unspecified atom stereocenters. The number of aliphatic hydroxyl groups excluding tert-OH is 1. The van der Waals surface area contributed by atoms with Crippen LogP contribution in [0.4, 0.5) is 5.69 Å². The number of halogens is 1. The molecule has 6 heteroatoms. The van der Waals surface area contributed by atoms with Crippen LogP contribution < -0.4 is 4.74 Å². The molecule has 0 spiro atoms. The van der Waals surface area contributed by atoms with Gasteiger partial charge >= 0.3 is 0 Å². The van der Waals surface area contributed by atoms with Crippen molar-refractivity contribution in [3.8, 4) is 11.5 Å². The summed E-state index contributed by atoms with van der Waals surface area (Å²) in [5, 5.41) is 20.8. The predicted molar refractivity (Wildman–Crippen MR) is 80.0 cm³/mol. The van der Waals surface area contributed by atoms with Gasteiger partial charge in [0.1, 0.15) is 11.5 Å². The number of benzene rings is 2. The van der Waals surface area contributed by atoms with Crippen LogP contribution in [-0.4, -0.2) is 10.0 Å². The molecule has 0 atom stereocenters. The van der Waals surface area contributed by atoms with Crippen molar-refractivity contribution in [1.29, 1.82) is 0 Å². The van der Waals surface area contributed by atoms with E-state index < -0.39 is 4.92 Å². The molecule has 110 valence electrons. The number of aliphatic hydroxyl groups is 1. The summed E-state index contributed by atoms with van der Waals surface area (Å²) in [7, 11) is 0. The first kappa shape index (κ1) is 15.3. The van der Waals surface area contributed by atoms with Crippen LogP contribution in [0.25, 0.3) is 0 Å². The summed E-state index contributed by atoms with van der Waals surface area (Å²) in [5.74, 6) is 0.799. The fourth-order valence-electron chi connectivity index (χ4n) is 2.02. The van der Waals surface area contributed by atoms with Gasteiger partial charge in [-0.05, 0) is 43.7 Å². The molecule has 21 heavy (non-hydrogen) atoms. The molecule has 2 aromatic carbocycles. The van der Waals surface area contributed by atoms with Gasteiger partial charge in [0.05, 0.1) is 17.6 Å². The van der Waals surface area contributed by atoms with E-state index in [1.54, 1.807) is 38.1 Å². The second-order valence-electron chi connectivity index (χ2n) is 4.67. The van der Waals surface area contributed by atoms with Crippen LogP contribution in [0.1, 0.15) is 16.7 Å². The summed E-state index contributed by atoms with van der Waals surface area (Å²) >= 11 is 5.86. The highest BCUT2D eigenvalue weighted by Crippen LogP contribution is 2.33. The van der Waals surface area contributed by atoms with E-state index in [2.05, 4.69) is 0 Å². The van der Waals surface area contributed by atoms with Crippen molar-refractivity contribution >= 4 is 17.3 Å². The van der Waals surface area contributed by atoms with Gasteiger partial charge in [0.15, 0.2) is 0 Å². The van der Waals surface area contributed by atoms with E-state index in [0.29, 0.717) is 27.6 Å². The largest absolute Gasteiger partial charge is 0.456 e. The maximum Gasteiger partial charge on any atom is 0.276 e. The van der Waals surface area contributed by atoms with Gasteiger partial charge < -0.3 is 9.84 Å². The summed E-state index contributed by atoms with van der Waals surface area (Å²) < 4.78 is 5.71. The third-order valence-corrected chi connectivity index (χ3v) is 3.34. The van der Waals surface area contributed by atoms with Gasteiger partial charge in [0.2, 0.25) is 0 Å². The molecule has 0 bridgehead atoms. The van der Waals surface area contributed by atoms with Gasteiger partial charge in [-0.2, -0.15) is 0 Å². The van der Waals surface area contributed by atoms with Crippen LogP contribution in [0.15, 0.2) is 30.3 Å². The highest BCUT2D eigenvalue weighted by Gasteiger charge is 2.16.